The molecule has 0 saturated carbocycles. The molecule has 4 heterocycles. The Balaban J connectivity index is 1.32. The van der Waals surface area contributed by atoms with Crippen molar-refractivity contribution >= 4 is 46.2 Å². The standard InChI is InChI=1S/C37H38N6O4S/c1-3-21-40(24-42-28-18-12-11-17-27(28)38-39-42)36(47)33-37-20-19-30(48-37)31(34(45)41(22-4-2)26-15-9-6-10-16-26)32(37)35(46)43(33)29(23-44)25-13-7-5-8-14-25/h3-18,29-33,44H,1-2,19-24H2/t29-,30+,31-,32+,33?,37?/m1/s1. The van der Waals surface area contributed by atoms with E-state index in [9.17, 15) is 14.7 Å². The van der Waals surface area contributed by atoms with Crippen molar-refractivity contribution in [1.29, 1.82) is 0 Å². The van der Waals surface area contributed by atoms with Crippen molar-refractivity contribution in [2.45, 2.75) is 41.6 Å². The molecule has 3 aliphatic heterocycles. The number of benzene rings is 3. The van der Waals surface area contributed by atoms with E-state index in [0.717, 1.165) is 16.8 Å². The quantitative estimate of drug-likeness (QED) is 0.223. The molecule has 7 rings (SSSR count). The van der Waals surface area contributed by atoms with Gasteiger partial charge in [-0.05, 0) is 42.7 Å². The zero-order chi connectivity index (χ0) is 33.4. The maximum Gasteiger partial charge on any atom is 0.248 e. The molecule has 246 valence electrons. The fourth-order valence-corrected chi connectivity index (χ4v) is 10.2. The summed E-state index contributed by atoms with van der Waals surface area (Å²) in [6.07, 6.45) is 4.65. The molecule has 3 aromatic carbocycles. The average Bonchev–Trinajstić information content (AvgIpc) is 3.87. The SMILES string of the molecule is C=CCN(Cn1nnc2ccccc21)C(=O)C1N([C@H](CO)c2ccccc2)C(=O)[C@@H]2[C@H](C(=O)N(CC=C)c3ccccc3)[C@@H]3CCC12S3. The normalized spacial score (nSPS) is 24.8. The third-order valence-corrected chi connectivity index (χ3v) is 11.9. The Hall–Kier alpha value is -4.74. The molecule has 3 saturated heterocycles. The minimum atomic E-state index is -0.931. The van der Waals surface area contributed by atoms with Gasteiger partial charge in [-0.25, -0.2) is 4.68 Å². The van der Waals surface area contributed by atoms with Gasteiger partial charge >= 0.3 is 0 Å². The molecule has 6 atom stereocenters. The van der Waals surface area contributed by atoms with E-state index in [1.165, 1.54) is 0 Å². The Kier molecular flexibility index (Phi) is 8.65. The minimum absolute atomic E-state index is 0.0946. The first-order valence-corrected chi connectivity index (χ1v) is 17.1. The van der Waals surface area contributed by atoms with Gasteiger partial charge in [0.2, 0.25) is 17.7 Å². The molecule has 0 aliphatic carbocycles. The third-order valence-electron chi connectivity index (χ3n) is 9.98. The van der Waals surface area contributed by atoms with Crippen LogP contribution in [0.1, 0.15) is 24.4 Å². The second-order valence-electron chi connectivity index (χ2n) is 12.6. The largest absolute Gasteiger partial charge is 0.394 e. The molecule has 11 heteroatoms. The number of hydrogen-bond acceptors (Lipinski definition) is 7. The van der Waals surface area contributed by atoms with E-state index < -0.39 is 28.7 Å². The highest BCUT2D eigenvalue weighted by atomic mass is 32.2. The second-order valence-corrected chi connectivity index (χ2v) is 14.2. The number of fused-ring (bicyclic) bond motifs is 2. The van der Waals surface area contributed by atoms with Crippen LogP contribution < -0.4 is 4.90 Å². The molecular weight excluding hydrogens is 625 g/mol. The predicted octanol–water partition coefficient (Wildman–Crippen LogP) is 4.45. The lowest BCUT2D eigenvalue weighted by Gasteiger charge is -2.39. The molecule has 3 fully saturated rings. The maximum absolute atomic E-state index is 15.1. The van der Waals surface area contributed by atoms with Crippen LogP contribution in [0.3, 0.4) is 0 Å². The number of aromatic nitrogens is 3. The van der Waals surface area contributed by atoms with E-state index in [4.69, 9.17) is 0 Å². The lowest BCUT2D eigenvalue weighted by molar-refractivity contribution is -0.146. The summed E-state index contributed by atoms with van der Waals surface area (Å²) >= 11 is 1.60. The van der Waals surface area contributed by atoms with Gasteiger partial charge in [-0.1, -0.05) is 78.0 Å². The highest BCUT2D eigenvalue weighted by Crippen LogP contribution is 2.67. The zero-order valence-electron chi connectivity index (χ0n) is 26.5. The van der Waals surface area contributed by atoms with Gasteiger partial charge in [0.15, 0.2) is 0 Å². The molecule has 1 aromatic heterocycles. The van der Waals surface area contributed by atoms with E-state index in [1.807, 2.05) is 84.9 Å². The molecule has 1 spiro atoms. The number of carbonyl (C=O) groups is 3. The predicted molar refractivity (Wildman–Crippen MR) is 186 cm³/mol. The lowest BCUT2D eigenvalue weighted by Crippen LogP contribution is -2.56. The number of anilines is 1. The summed E-state index contributed by atoms with van der Waals surface area (Å²) in [6.45, 7) is 8.03. The van der Waals surface area contributed by atoms with Crippen LogP contribution in [0.2, 0.25) is 0 Å². The second kappa shape index (κ2) is 13.0. The van der Waals surface area contributed by atoms with Crippen LogP contribution in [-0.4, -0.2) is 83.4 Å². The van der Waals surface area contributed by atoms with E-state index in [1.54, 1.807) is 43.3 Å². The summed E-state index contributed by atoms with van der Waals surface area (Å²) in [5.74, 6) is -2.08. The summed E-state index contributed by atoms with van der Waals surface area (Å²) in [5.41, 5.74) is 2.93. The summed E-state index contributed by atoms with van der Waals surface area (Å²) in [4.78, 5) is 49.6. The minimum Gasteiger partial charge on any atom is -0.394 e. The van der Waals surface area contributed by atoms with E-state index in [2.05, 4.69) is 23.5 Å². The molecule has 3 amide bonds. The first-order chi connectivity index (χ1) is 23.4. The van der Waals surface area contributed by atoms with Crippen LogP contribution in [0, 0.1) is 11.8 Å². The van der Waals surface area contributed by atoms with Gasteiger partial charge in [-0.15, -0.1) is 30.0 Å². The van der Waals surface area contributed by atoms with E-state index in [-0.39, 0.29) is 42.8 Å². The lowest BCUT2D eigenvalue weighted by atomic mass is 9.70. The highest BCUT2D eigenvalue weighted by Gasteiger charge is 2.74. The van der Waals surface area contributed by atoms with E-state index in [0.29, 0.717) is 24.9 Å². The molecule has 2 bridgehead atoms. The molecule has 1 N–H and O–H groups in total. The van der Waals surface area contributed by atoms with E-state index >= 15 is 4.79 Å². The van der Waals surface area contributed by atoms with Crippen LogP contribution in [0.25, 0.3) is 11.0 Å². The smallest absolute Gasteiger partial charge is 0.248 e. The van der Waals surface area contributed by atoms with Gasteiger partial charge in [-0.3, -0.25) is 14.4 Å². The fraction of sp³-hybridized carbons (Fsp3) is 0.324. The summed E-state index contributed by atoms with van der Waals surface area (Å²) in [7, 11) is 0. The number of aliphatic hydroxyl groups excluding tert-OH is 1. The van der Waals surface area contributed by atoms with Gasteiger partial charge in [0.1, 0.15) is 18.2 Å². The number of para-hydroxylation sites is 2. The molecule has 10 nitrogen and oxygen atoms in total. The first kappa shape index (κ1) is 31.8. The topological polar surface area (TPSA) is 112 Å². The van der Waals surface area contributed by atoms with Crippen molar-refractivity contribution in [3.63, 3.8) is 0 Å². The summed E-state index contributed by atoms with van der Waals surface area (Å²) < 4.78 is 0.814. The number of hydrogen-bond donors (Lipinski definition) is 1. The van der Waals surface area contributed by atoms with Crippen LogP contribution in [-0.2, 0) is 21.1 Å². The summed E-state index contributed by atoms with van der Waals surface area (Å²) in [5, 5.41) is 19.4. The Morgan fingerprint density at radius 2 is 1.67 bits per heavy atom. The molecule has 2 unspecified atom stereocenters. The molecule has 0 radical (unpaired) electrons. The molecule has 48 heavy (non-hydrogen) atoms. The first-order valence-electron chi connectivity index (χ1n) is 16.2. The summed E-state index contributed by atoms with van der Waals surface area (Å²) in [6, 6.07) is 24.5. The Morgan fingerprint density at radius 3 is 2.38 bits per heavy atom. The Morgan fingerprint density at radius 1 is 0.979 bits per heavy atom. The van der Waals surface area contributed by atoms with Crippen molar-refractivity contribution in [3.8, 4) is 0 Å². The van der Waals surface area contributed by atoms with Crippen molar-refractivity contribution in [2.24, 2.45) is 11.8 Å². The van der Waals surface area contributed by atoms with Gasteiger partial charge < -0.3 is 19.8 Å². The highest BCUT2D eigenvalue weighted by molar-refractivity contribution is 8.02. The van der Waals surface area contributed by atoms with Crippen LogP contribution in [0.4, 0.5) is 5.69 Å². The van der Waals surface area contributed by atoms with Gasteiger partial charge in [0.25, 0.3) is 0 Å². The number of carbonyl (C=O) groups excluding carboxylic acids is 3. The van der Waals surface area contributed by atoms with Gasteiger partial charge in [0, 0.05) is 24.0 Å². The Labute approximate surface area is 283 Å². The van der Waals surface area contributed by atoms with Crippen LogP contribution in [0.5, 0.6) is 0 Å². The average molecular weight is 663 g/mol. The number of thioether (sulfide) groups is 1. The number of likely N-dealkylation sites (tertiary alicyclic amines) is 1. The monoisotopic (exact) mass is 662 g/mol. The van der Waals surface area contributed by atoms with Crippen molar-refractivity contribution < 1.29 is 19.5 Å². The van der Waals surface area contributed by atoms with Crippen molar-refractivity contribution in [2.75, 3.05) is 24.6 Å². The molecule has 3 aliphatic rings. The third kappa shape index (κ3) is 5.12. The maximum atomic E-state index is 15.1. The molecule has 4 aromatic rings. The van der Waals surface area contributed by atoms with Crippen LogP contribution >= 0.6 is 11.8 Å². The number of amides is 3. The van der Waals surface area contributed by atoms with Crippen molar-refractivity contribution in [1.82, 2.24) is 24.8 Å². The zero-order valence-corrected chi connectivity index (χ0v) is 27.4. The molecular formula is C37H38N6O4S. The van der Waals surface area contributed by atoms with Crippen molar-refractivity contribution in [3.05, 3.63) is 116 Å². The fourth-order valence-electron chi connectivity index (χ4n) is 7.99. The van der Waals surface area contributed by atoms with Crippen LogP contribution in [0.15, 0.2) is 110 Å². The van der Waals surface area contributed by atoms with Gasteiger partial charge in [-0.2, -0.15) is 0 Å². The number of rotatable bonds is 12. The number of nitrogens with zero attached hydrogens (tertiary/aromatic N) is 6. The Bertz CT molecular complexity index is 1850. The van der Waals surface area contributed by atoms with Gasteiger partial charge in [0.05, 0.1) is 34.7 Å². The number of aliphatic hydroxyl groups is 1.